The summed E-state index contributed by atoms with van der Waals surface area (Å²) < 4.78 is 1.71. The van der Waals surface area contributed by atoms with Gasteiger partial charge in [0.2, 0.25) is 0 Å². The first-order valence-corrected chi connectivity index (χ1v) is 5.50. The van der Waals surface area contributed by atoms with Crippen LogP contribution in [0.4, 0.5) is 11.5 Å². The number of nitrogens with two attached hydrogens (primary N) is 1. The molecule has 0 amide bonds. The maximum Gasteiger partial charge on any atom is 0.140 e. The zero-order valence-corrected chi connectivity index (χ0v) is 10.5. The molecule has 0 fully saturated rings. The number of thiocarbonyl (C=S) groups is 1. The second-order valence-corrected chi connectivity index (χ2v) is 4.18. The van der Waals surface area contributed by atoms with Crippen molar-refractivity contribution in [3.05, 3.63) is 35.8 Å². The van der Waals surface area contributed by atoms with Crippen molar-refractivity contribution in [2.24, 2.45) is 12.8 Å². The molecule has 0 spiro atoms. The molecule has 0 aliphatic heterocycles. The first-order chi connectivity index (χ1) is 8.06. The van der Waals surface area contributed by atoms with Crippen LogP contribution in [0.5, 0.6) is 0 Å². The Morgan fingerprint density at radius 1 is 1.47 bits per heavy atom. The fourth-order valence-electron chi connectivity index (χ4n) is 1.47. The molecule has 2 aromatic heterocycles. The van der Waals surface area contributed by atoms with Crippen LogP contribution in [-0.2, 0) is 7.05 Å². The Balaban J connectivity index is 2.37. The van der Waals surface area contributed by atoms with Crippen LogP contribution in [0.1, 0.15) is 11.3 Å². The van der Waals surface area contributed by atoms with Crippen LogP contribution < -0.4 is 11.1 Å². The number of pyridine rings is 1. The highest BCUT2D eigenvalue weighted by atomic mass is 32.1. The minimum Gasteiger partial charge on any atom is -0.389 e. The summed E-state index contributed by atoms with van der Waals surface area (Å²) in [4.78, 5) is 4.71. The van der Waals surface area contributed by atoms with Crippen LogP contribution in [0.25, 0.3) is 0 Å². The van der Waals surface area contributed by atoms with Gasteiger partial charge in [0.15, 0.2) is 0 Å². The Hall–Kier alpha value is -1.95. The van der Waals surface area contributed by atoms with E-state index in [-0.39, 0.29) is 0 Å². The molecule has 88 valence electrons. The minimum absolute atomic E-state index is 0.323. The normalized spacial score (nSPS) is 10.2. The van der Waals surface area contributed by atoms with Gasteiger partial charge in [-0.2, -0.15) is 5.10 Å². The third kappa shape index (κ3) is 2.59. The number of hydrogen-bond donors (Lipinski definition) is 2. The molecular weight excluding hydrogens is 234 g/mol. The summed E-state index contributed by atoms with van der Waals surface area (Å²) in [5.74, 6) is 0.658. The maximum atomic E-state index is 5.65. The summed E-state index contributed by atoms with van der Waals surface area (Å²) in [6.45, 7) is 1.91. The van der Waals surface area contributed by atoms with Gasteiger partial charge >= 0.3 is 0 Å². The molecule has 6 heteroatoms. The van der Waals surface area contributed by atoms with Gasteiger partial charge in [0.1, 0.15) is 10.8 Å². The van der Waals surface area contributed by atoms with Gasteiger partial charge in [-0.15, -0.1) is 0 Å². The number of hydrogen-bond acceptors (Lipinski definition) is 4. The molecule has 2 rings (SSSR count). The molecular formula is C11H13N5S. The SMILES string of the molecule is Cc1ccc(C(N)=S)c(Nc2cnn(C)c2)n1. The molecule has 0 saturated heterocycles. The van der Waals surface area contributed by atoms with E-state index in [4.69, 9.17) is 18.0 Å². The monoisotopic (exact) mass is 247 g/mol. The summed E-state index contributed by atoms with van der Waals surface area (Å²) in [5.41, 5.74) is 8.13. The van der Waals surface area contributed by atoms with E-state index in [0.717, 1.165) is 16.9 Å². The van der Waals surface area contributed by atoms with Gasteiger partial charge in [-0.1, -0.05) is 12.2 Å². The largest absolute Gasteiger partial charge is 0.389 e. The number of nitrogens with zero attached hydrogens (tertiary/aromatic N) is 3. The first kappa shape index (κ1) is 11.5. The minimum atomic E-state index is 0.323. The second kappa shape index (κ2) is 4.50. The lowest BCUT2D eigenvalue weighted by Crippen LogP contribution is -2.13. The number of rotatable bonds is 3. The molecule has 0 aliphatic carbocycles. The lowest BCUT2D eigenvalue weighted by molar-refractivity contribution is 0.768. The van der Waals surface area contributed by atoms with Crippen molar-refractivity contribution < 1.29 is 0 Å². The van der Waals surface area contributed by atoms with Crippen molar-refractivity contribution in [3.8, 4) is 0 Å². The number of aromatic nitrogens is 3. The van der Waals surface area contributed by atoms with Crippen molar-refractivity contribution in [2.75, 3.05) is 5.32 Å². The van der Waals surface area contributed by atoms with Crippen molar-refractivity contribution in [1.82, 2.24) is 14.8 Å². The van der Waals surface area contributed by atoms with Crippen molar-refractivity contribution in [1.29, 1.82) is 0 Å². The van der Waals surface area contributed by atoms with Crippen LogP contribution in [0.3, 0.4) is 0 Å². The Labute approximate surface area is 105 Å². The van der Waals surface area contributed by atoms with Gasteiger partial charge in [0.05, 0.1) is 17.4 Å². The lowest BCUT2D eigenvalue weighted by Gasteiger charge is -2.09. The van der Waals surface area contributed by atoms with Crippen molar-refractivity contribution >= 4 is 28.7 Å². The van der Waals surface area contributed by atoms with Crippen LogP contribution in [-0.4, -0.2) is 19.8 Å². The predicted molar refractivity (Wildman–Crippen MR) is 71.4 cm³/mol. The topological polar surface area (TPSA) is 68.8 Å². The predicted octanol–water partition coefficient (Wildman–Crippen LogP) is 1.50. The molecule has 0 unspecified atom stereocenters. The van der Waals surface area contributed by atoms with E-state index in [1.165, 1.54) is 0 Å². The molecule has 3 N–H and O–H groups in total. The van der Waals surface area contributed by atoms with Gasteiger partial charge in [-0.25, -0.2) is 4.98 Å². The molecule has 0 atom stereocenters. The molecule has 0 aliphatic rings. The number of nitrogens with one attached hydrogen (secondary N) is 1. The van der Waals surface area contributed by atoms with Crippen LogP contribution in [0.15, 0.2) is 24.5 Å². The van der Waals surface area contributed by atoms with Gasteiger partial charge in [0, 0.05) is 18.9 Å². The Morgan fingerprint density at radius 2 is 2.24 bits per heavy atom. The molecule has 0 aromatic carbocycles. The van der Waals surface area contributed by atoms with Crippen LogP contribution in [0, 0.1) is 6.92 Å². The van der Waals surface area contributed by atoms with Crippen molar-refractivity contribution in [3.63, 3.8) is 0 Å². The molecule has 5 nitrogen and oxygen atoms in total. The standard InChI is InChI=1S/C11H13N5S/c1-7-3-4-9(10(12)17)11(14-7)15-8-5-13-16(2)6-8/h3-6H,1-2H3,(H2,12,17)(H,14,15). The Morgan fingerprint density at radius 3 is 2.82 bits per heavy atom. The van der Waals surface area contributed by atoms with Gasteiger partial charge < -0.3 is 11.1 Å². The smallest absolute Gasteiger partial charge is 0.140 e. The highest BCUT2D eigenvalue weighted by Crippen LogP contribution is 2.18. The van der Waals surface area contributed by atoms with Gasteiger partial charge in [0.25, 0.3) is 0 Å². The van der Waals surface area contributed by atoms with Crippen LogP contribution in [0.2, 0.25) is 0 Å². The van der Waals surface area contributed by atoms with E-state index < -0.39 is 0 Å². The maximum absolute atomic E-state index is 5.65. The van der Waals surface area contributed by atoms with E-state index in [2.05, 4.69) is 15.4 Å². The quantitative estimate of drug-likeness (QED) is 0.804. The van der Waals surface area contributed by atoms with E-state index in [1.807, 2.05) is 32.3 Å². The fraction of sp³-hybridized carbons (Fsp3) is 0.182. The second-order valence-electron chi connectivity index (χ2n) is 3.74. The molecule has 2 aromatic rings. The van der Waals surface area contributed by atoms with E-state index in [1.54, 1.807) is 10.9 Å². The average molecular weight is 247 g/mol. The van der Waals surface area contributed by atoms with Gasteiger partial charge in [-0.3, -0.25) is 4.68 Å². The summed E-state index contributed by atoms with van der Waals surface area (Å²) >= 11 is 4.99. The third-order valence-corrected chi connectivity index (χ3v) is 2.49. The van der Waals surface area contributed by atoms with Gasteiger partial charge in [-0.05, 0) is 19.1 Å². The Bertz CT molecular complexity index is 561. The summed E-state index contributed by atoms with van der Waals surface area (Å²) in [6.07, 6.45) is 3.57. The third-order valence-electron chi connectivity index (χ3n) is 2.27. The number of anilines is 2. The highest BCUT2D eigenvalue weighted by Gasteiger charge is 2.08. The zero-order valence-electron chi connectivity index (χ0n) is 9.64. The average Bonchev–Trinajstić information content (AvgIpc) is 2.63. The molecule has 2 heterocycles. The molecule has 0 radical (unpaired) electrons. The highest BCUT2D eigenvalue weighted by molar-refractivity contribution is 7.80. The van der Waals surface area contributed by atoms with E-state index >= 15 is 0 Å². The lowest BCUT2D eigenvalue weighted by atomic mass is 10.2. The summed E-state index contributed by atoms with van der Waals surface area (Å²) in [5, 5.41) is 7.23. The molecule has 0 saturated carbocycles. The van der Waals surface area contributed by atoms with E-state index in [0.29, 0.717) is 10.8 Å². The Kier molecular flexibility index (Phi) is 3.06. The molecule has 17 heavy (non-hydrogen) atoms. The number of aryl methyl sites for hydroxylation is 2. The summed E-state index contributed by atoms with van der Waals surface area (Å²) in [7, 11) is 1.85. The van der Waals surface area contributed by atoms with Crippen molar-refractivity contribution in [2.45, 2.75) is 6.92 Å². The van der Waals surface area contributed by atoms with E-state index in [9.17, 15) is 0 Å². The summed E-state index contributed by atoms with van der Waals surface area (Å²) in [6, 6.07) is 3.74. The first-order valence-electron chi connectivity index (χ1n) is 5.09. The fourth-order valence-corrected chi connectivity index (χ4v) is 1.64. The zero-order chi connectivity index (χ0) is 12.4. The van der Waals surface area contributed by atoms with Crippen LogP contribution >= 0.6 is 12.2 Å². The molecule has 0 bridgehead atoms.